The number of hydrogen-bond acceptors (Lipinski definition) is 14. The Morgan fingerprint density at radius 2 is 0.455 bits per heavy atom. The second kappa shape index (κ2) is 63.0. The summed E-state index contributed by atoms with van der Waals surface area (Å²) >= 11 is 2.94. The van der Waals surface area contributed by atoms with Crippen LogP contribution < -0.4 is 35.7 Å². The van der Waals surface area contributed by atoms with Crippen LogP contribution in [0.1, 0.15) is 55.4 Å². The van der Waals surface area contributed by atoms with Crippen molar-refractivity contribution in [3.05, 3.63) is 7.43 Å². The molecule has 33 heavy (non-hydrogen) atoms. The van der Waals surface area contributed by atoms with Crippen LogP contribution >= 0.6 is 0 Å². The second-order valence-corrected chi connectivity index (χ2v) is 4.76. The topological polar surface area (TPSA) is 281 Å². The van der Waals surface area contributed by atoms with E-state index in [4.69, 9.17) is 69.3 Å². The van der Waals surface area contributed by atoms with Crippen LogP contribution in [0.3, 0.4) is 0 Å². The van der Waals surface area contributed by atoms with Crippen LogP contribution in [-0.2, 0) is 73.2 Å². The molecule has 16 heteroatoms. The van der Waals surface area contributed by atoms with Crippen LogP contribution in [0.4, 0.5) is 0 Å². The predicted molar refractivity (Wildman–Crippen MR) is 88.5 cm³/mol. The quantitative estimate of drug-likeness (QED) is 0.217. The summed E-state index contributed by atoms with van der Waals surface area (Å²) in [6.45, 7) is 8.86. The van der Waals surface area contributed by atoms with Gasteiger partial charge in [0.2, 0.25) is 0 Å². The molecule has 198 valence electrons. The third-order valence-electron chi connectivity index (χ3n) is 0. The van der Waals surface area contributed by atoms with Crippen LogP contribution in [-0.4, -0.2) is 41.8 Å². The zero-order chi connectivity index (χ0) is 27.7. The maximum Gasteiger partial charge on any atom is 4.00 e. The molecule has 0 aliphatic heterocycles. The molecule has 0 heterocycles. The zero-order valence-electron chi connectivity index (χ0n) is 19.1. The summed E-state index contributed by atoms with van der Waals surface area (Å²) in [5, 5.41) is 62.2. The van der Waals surface area contributed by atoms with Gasteiger partial charge >= 0.3 is 58.9 Å². The van der Waals surface area contributed by atoms with Crippen molar-refractivity contribution in [1.29, 1.82) is 0 Å². The van der Waals surface area contributed by atoms with E-state index < -0.39 is 41.8 Å². The molecule has 0 atom stereocenters. The Morgan fingerprint density at radius 1 is 0.455 bits per heavy atom. The van der Waals surface area contributed by atoms with E-state index in [2.05, 4.69) is 26.1 Å². The average Bonchev–Trinajstić information content (AvgIpc) is 2.32. The number of carbonyl (C=O) groups is 7. The Hall–Kier alpha value is -2.39. The molecular formula is C17H26O14Pd2. The molecule has 0 bridgehead atoms. The van der Waals surface area contributed by atoms with Gasteiger partial charge < -0.3 is 69.3 Å². The maximum atomic E-state index is 8.89. The van der Waals surface area contributed by atoms with Gasteiger partial charge in [0.25, 0.3) is 0 Å². The first kappa shape index (κ1) is 63.2. The van der Waals surface area contributed by atoms with Gasteiger partial charge in [-0.25, -0.2) is 0 Å². The van der Waals surface area contributed by atoms with Crippen molar-refractivity contribution in [2.45, 2.75) is 60.3 Å². The standard InChI is InChI=1S/7C2H4O2.C2H5.C.2Pd/c7*1-2(3)4;1-2;;;/h7*1H3,(H,3,4);1H2,2H3;;;/q;;;;;;;;+4;+1;+2/p-7. The normalized spacial score (nSPS) is 5.88. The van der Waals surface area contributed by atoms with Crippen LogP contribution in [0.5, 0.6) is 0 Å². The summed E-state index contributed by atoms with van der Waals surface area (Å²) in [5.41, 5.74) is 0. The van der Waals surface area contributed by atoms with Crippen molar-refractivity contribution in [2.24, 2.45) is 0 Å². The van der Waals surface area contributed by atoms with E-state index in [1.807, 2.05) is 0 Å². The molecule has 0 aromatic heterocycles. The largest absolute Gasteiger partial charge is 4.00 e. The molecule has 0 aliphatic rings. The van der Waals surface area contributed by atoms with Crippen LogP contribution in [0.2, 0.25) is 4.89 Å². The van der Waals surface area contributed by atoms with Gasteiger partial charge in [-0.15, -0.1) is 0 Å². The monoisotopic (exact) mass is 666 g/mol. The average molecular weight is 667 g/mol. The third kappa shape index (κ3) is 3970. The molecule has 0 fully saturated rings. The van der Waals surface area contributed by atoms with Crippen molar-refractivity contribution >= 4 is 41.8 Å². The van der Waals surface area contributed by atoms with E-state index in [1.165, 1.54) is 0 Å². The van der Waals surface area contributed by atoms with Crippen molar-refractivity contribution in [1.82, 2.24) is 0 Å². The molecule has 0 aromatic carbocycles. The van der Waals surface area contributed by atoms with Gasteiger partial charge in [0.15, 0.2) is 0 Å². The first-order valence-electron chi connectivity index (χ1n) is 7.29. The van der Waals surface area contributed by atoms with Gasteiger partial charge in [0.05, 0.1) is 0 Å². The van der Waals surface area contributed by atoms with Gasteiger partial charge in [0, 0.05) is 41.8 Å². The molecule has 0 spiro atoms. The molecule has 0 amide bonds. The van der Waals surface area contributed by atoms with E-state index >= 15 is 0 Å². The minimum Gasteiger partial charge on any atom is 2.00 e. The Morgan fingerprint density at radius 3 is 0.455 bits per heavy atom. The number of carboxylic acid groups (broad SMARTS) is 7. The smallest absolute Gasteiger partial charge is 2.00 e. The number of carboxylic acids is 7. The van der Waals surface area contributed by atoms with Crippen molar-refractivity contribution < 1.29 is 109 Å². The molecule has 0 aromatic rings. The van der Waals surface area contributed by atoms with Gasteiger partial charge in [0.1, 0.15) is 0 Å². The summed E-state index contributed by atoms with van der Waals surface area (Å²) in [6.07, 6.45) is 0. The summed E-state index contributed by atoms with van der Waals surface area (Å²) in [4.78, 5) is 63.3. The van der Waals surface area contributed by atoms with E-state index in [9.17, 15) is 0 Å². The third-order valence-corrected chi connectivity index (χ3v) is 0. The van der Waals surface area contributed by atoms with E-state index in [0.29, 0.717) is 0 Å². The first-order chi connectivity index (χ1) is 13.5. The Bertz CT molecular complexity index is 334. The molecule has 0 N–H and O–H groups in total. The van der Waals surface area contributed by atoms with Crippen LogP contribution in [0, 0.1) is 7.43 Å². The van der Waals surface area contributed by atoms with E-state index in [0.717, 1.165) is 53.4 Å². The zero-order valence-corrected chi connectivity index (χ0v) is 22.2. The summed E-state index contributed by atoms with van der Waals surface area (Å²) < 4.78 is 0. The van der Waals surface area contributed by atoms with Crippen molar-refractivity contribution in [2.75, 3.05) is 0 Å². The molecule has 0 rings (SSSR count). The molecule has 0 unspecified atom stereocenters. The SMILES string of the molecule is CC(=O)[O-].CC(=O)[O-].CC(=O)[O-].CC(=O)[O-].CC(=O)[O-].CC(=O)[O-].CC(=O)[O-].C[CH2][Pd+].[C+4].[Pd+2]. The Balaban J connectivity index is -0.0000000227. The Kier molecular flexibility index (Phi) is 121. The summed E-state index contributed by atoms with van der Waals surface area (Å²) in [7, 11) is 0. The van der Waals surface area contributed by atoms with Crippen molar-refractivity contribution in [3.8, 4) is 0 Å². The minimum absolute atomic E-state index is 0. The van der Waals surface area contributed by atoms with Crippen molar-refractivity contribution in [3.63, 3.8) is 0 Å². The fourth-order valence-electron chi connectivity index (χ4n) is 0. The molecule has 0 saturated carbocycles. The maximum absolute atomic E-state index is 8.89. The molecular weight excluding hydrogens is 641 g/mol. The second-order valence-electron chi connectivity index (χ2n) is 3.66. The minimum atomic E-state index is -1.08. The molecule has 0 saturated heterocycles. The number of aliphatic carboxylic acids is 7. The van der Waals surface area contributed by atoms with E-state index in [1.54, 1.807) is 0 Å². The van der Waals surface area contributed by atoms with Gasteiger partial charge in [-0.2, -0.15) is 0 Å². The molecule has 0 aliphatic carbocycles. The number of rotatable bonds is 0. The number of carbonyl (C=O) groups excluding carboxylic acids is 7. The predicted octanol–water partition coefficient (Wildman–Crippen LogP) is -7.66. The fourth-order valence-corrected chi connectivity index (χ4v) is 0. The summed E-state index contributed by atoms with van der Waals surface area (Å²) in [6, 6.07) is 0. The molecule has 0 radical (unpaired) electrons. The fraction of sp³-hybridized carbons (Fsp3) is 0.529. The van der Waals surface area contributed by atoms with Gasteiger partial charge in [-0.3, -0.25) is 0 Å². The van der Waals surface area contributed by atoms with Gasteiger partial charge in [-0.05, 0) is 48.5 Å². The number of hydrogen-bond donors (Lipinski definition) is 0. The Labute approximate surface area is 218 Å². The van der Waals surface area contributed by atoms with E-state index in [-0.39, 0.29) is 27.8 Å². The molecule has 14 nitrogen and oxygen atoms in total. The van der Waals surface area contributed by atoms with Gasteiger partial charge in [-0.1, -0.05) is 0 Å². The first-order valence-corrected chi connectivity index (χ1v) is 8.39. The van der Waals surface area contributed by atoms with Crippen LogP contribution in [0.15, 0.2) is 0 Å². The summed E-state index contributed by atoms with van der Waals surface area (Å²) in [5.74, 6) is -7.58. The van der Waals surface area contributed by atoms with Crippen LogP contribution in [0.25, 0.3) is 0 Å².